The Bertz CT molecular complexity index is 254. The molecule has 0 bridgehead atoms. The van der Waals surface area contributed by atoms with Gasteiger partial charge in [0, 0.05) is 18.3 Å². The Hall–Kier alpha value is -1.12. The third kappa shape index (κ3) is 2.68. The van der Waals surface area contributed by atoms with Gasteiger partial charge in [0.05, 0.1) is 5.70 Å². The number of amides is 1. The summed E-state index contributed by atoms with van der Waals surface area (Å²) in [5, 5.41) is 2.90. The summed E-state index contributed by atoms with van der Waals surface area (Å²) in [7, 11) is 0. The maximum absolute atomic E-state index is 11.1. The summed E-state index contributed by atoms with van der Waals surface area (Å²) in [6.07, 6.45) is 5.18. The van der Waals surface area contributed by atoms with E-state index in [2.05, 4.69) is 17.2 Å². The van der Waals surface area contributed by atoms with Crippen LogP contribution in [0.25, 0.3) is 0 Å². The van der Waals surface area contributed by atoms with Gasteiger partial charge in [0.25, 0.3) is 0 Å². The van der Waals surface area contributed by atoms with Gasteiger partial charge in [-0.05, 0) is 19.3 Å². The van der Waals surface area contributed by atoms with Crippen molar-refractivity contribution < 1.29 is 4.79 Å². The Balaban J connectivity index is 2.68. The first kappa shape index (κ1) is 9.96. The third-order valence-corrected chi connectivity index (χ3v) is 2.07. The zero-order valence-electron chi connectivity index (χ0n) is 8.26. The highest BCUT2D eigenvalue weighted by molar-refractivity contribution is 5.78. The van der Waals surface area contributed by atoms with Crippen LogP contribution in [0.2, 0.25) is 0 Å². The fourth-order valence-corrected chi connectivity index (χ4v) is 1.30. The van der Waals surface area contributed by atoms with Gasteiger partial charge >= 0.3 is 0 Å². The molecule has 0 fully saturated rings. The molecule has 0 aromatic rings. The highest BCUT2D eigenvalue weighted by Crippen LogP contribution is 2.16. The molecule has 0 spiro atoms. The second kappa shape index (κ2) is 4.80. The van der Waals surface area contributed by atoms with E-state index in [-0.39, 0.29) is 5.91 Å². The van der Waals surface area contributed by atoms with E-state index in [9.17, 15) is 4.79 Å². The van der Waals surface area contributed by atoms with Crippen LogP contribution in [0.4, 0.5) is 0 Å². The molecule has 13 heavy (non-hydrogen) atoms. The number of hydrogen-bond donors (Lipinski definition) is 1. The van der Waals surface area contributed by atoms with Gasteiger partial charge < -0.3 is 5.32 Å². The first-order valence-electron chi connectivity index (χ1n) is 4.82. The van der Waals surface area contributed by atoms with Gasteiger partial charge in [0.2, 0.25) is 5.91 Å². The Morgan fingerprint density at radius 3 is 3.00 bits per heavy atom. The monoisotopic (exact) mass is 180 g/mol. The summed E-state index contributed by atoms with van der Waals surface area (Å²) in [6.45, 7) is 3.91. The standard InChI is InChI=1S/C10H16N2O/c1-3-8-9(6-5-7-11-8)12-10(13)4-2/h7H,3-6H2,1-2H3,(H,12,13). The molecule has 0 saturated carbocycles. The normalized spacial score (nSPS) is 16.2. The molecule has 0 aromatic heterocycles. The predicted molar refractivity (Wildman–Crippen MR) is 53.5 cm³/mol. The molecule has 0 radical (unpaired) electrons. The summed E-state index contributed by atoms with van der Waals surface area (Å²) >= 11 is 0. The van der Waals surface area contributed by atoms with E-state index in [0.29, 0.717) is 6.42 Å². The van der Waals surface area contributed by atoms with Crippen molar-refractivity contribution in [3.8, 4) is 0 Å². The minimum Gasteiger partial charge on any atom is -0.328 e. The number of nitrogens with zero attached hydrogens (tertiary/aromatic N) is 1. The molecular weight excluding hydrogens is 164 g/mol. The molecule has 1 N–H and O–H groups in total. The van der Waals surface area contributed by atoms with Gasteiger partial charge in [-0.2, -0.15) is 0 Å². The van der Waals surface area contributed by atoms with Crippen LogP contribution in [-0.2, 0) is 4.79 Å². The van der Waals surface area contributed by atoms with Gasteiger partial charge in [-0.15, -0.1) is 0 Å². The van der Waals surface area contributed by atoms with Crippen molar-refractivity contribution in [2.24, 2.45) is 4.99 Å². The number of allylic oxidation sites excluding steroid dienone is 2. The van der Waals surface area contributed by atoms with Crippen LogP contribution in [-0.4, -0.2) is 12.1 Å². The zero-order valence-corrected chi connectivity index (χ0v) is 8.26. The maximum atomic E-state index is 11.1. The number of rotatable bonds is 3. The van der Waals surface area contributed by atoms with Crippen molar-refractivity contribution in [3.63, 3.8) is 0 Å². The molecule has 1 heterocycles. The van der Waals surface area contributed by atoms with Crippen LogP contribution < -0.4 is 5.32 Å². The van der Waals surface area contributed by atoms with Crippen LogP contribution in [0, 0.1) is 0 Å². The molecule has 0 unspecified atom stereocenters. The van der Waals surface area contributed by atoms with E-state index in [0.717, 1.165) is 30.7 Å². The van der Waals surface area contributed by atoms with Crippen molar-refractivity contribution >= 4 is 12.1 Å². The van der Waals surface area contributed by atoms with Gasteiger partial charge in [-0.25, -0.2) is 0 Å². The fourth-order valence-electron chi connectivity index (χ4n) is 1.30. The van der Waals surface area contributed by atoms with Crippen molar-refractivity contribution in [2.45, 2.75) is 39.5 Å². The van der Waals surface area contributed by atoms with Crippen molar-refractivity contribution in [1.82, 2.24) is 5.32 Å². The molecular formula is C10H16N2O. The zero-order chi connectivity index (χ0) is 9.68. The fraction of sp³-hybridized carbons (Fsp3) is 0.600. The second-order valence-corrected chi connectivity index (χ2v) is 3.03. The molecule has 1 rings (SSSR count). The van der Waals surface area contributed by atoms with E-state index in [1.165, 1.54) is 0 Å². The Kier molecular flexibility index (Phi) is 3.68. The van der Waals surface area contributed by atoms with Crippen LogP contribution >= 0.6 is 0 Å². The quantitative estimate of drug-likeness (QED) is 0.709. The number of carbonyl (C=O) groups excluding carboxylic acids is 1. The smallest absolute Gasteiger partial charge is 0.223 e. The summed E-state index contributed by atoms with van der Waals surface area (Å²) < 4.78 is 0. The lowest BCUT2D eigenvalue weighted by Crippen LogP contribution is -2.23. The molecule has 3 heteroatoms. The molecule has 3 nitrogen and oxygen atoms in total. The van der Waals surface area contributed by atoms with Crippen LogP contribution in [0.1, 0.15) is 39.5 Å². The molecule has 1 amide bonds. The van der Waals surface area contributed by atoms with Crippen molar-refractivity contribution in [2.75, 3.05) is 0 Å². The average molecular weight is 180 g/mol. The Labute approximate surface area is 78.9 Å². The summed E-state index contributed by atoms with van der Waals surface area (Å²) in [4.78, 5) is 15.4. The van der Waals surface area contributed by atoms with Crippen LogP contribution in [0.15, 0.2) is 16.4 Å². The van der Waals surface area contributed by atoms with E-state index in [1.54, 1.807) is 0 Å². The molecule has 1 aliphatic heterocycles. The highest BCUT2D eigenvalue weighted by atomic mass is 16.1. The number of hydrogen-bond acceptors (Lipinski definition) is 2. The summed E-state index contributed by atoms with van der Waals surface area (Å²) in [5.41, 5.74) is 2.03. The first-order chi connectivity index (χ1) is 6.27. The highest BCUT2D eigenvalue weighted by Gasteiger charge is 2.09. The largest absolute Gasteiger partial charge is 0.328 e. The van der Waals surface area contributed by atoms with E-state index < -0.39 is 0 Å². The van der Waals surface area contributed by atoms with Crippen LogP contribution in [0.5, 0.6) is 0 Å². The van der Waals surface area contributed by atoms with Crippen molar-refractivity contribution in [3.05, 3.63) is 11.4 Å². The first-order valence-corrected chi connectivity index (χ1v) is 4.82. The molecule has 0 saturated heterocycles. The number of carbonyl (C=O) groups is 1. The second-order valence-electron chi connectivity index (χ2n) is 3.03. The molecule has 0 aromatic carbocycles. The lowest BCUT2D eigenvalue weighted by Gasteiger charge is -2.14. The van der Waals surface area contributed by atoms with Crippen molar-refractivity contribution in [1.29, 1.82) is 0 Å². The SMILES string of the molecule is CCC(=O)NC1=C(CC)N=CCC1. The minimum absolute atomic E-state index is 0.0815. The molecule has 72 valence electrons. The van der Waals surface area contributed by atoms with Gasteiger partial charge in [0.15, 0.2) is 0 Å². The van der Waals surface area contributed by atoms with E-state index >= 15 is 0 Å². The summed E-state index contributed by atoms with van der Waals surface area (Å²) in [5.74, 6) is 0.0815. The molecule has 1 aliphatic rings. The van der Waals surface area contributed by atoms with Gasteiger partial charge in [0.1, 0.15) is 0 Å². The lowest BCUT2D eigenvalue weighted by molar-refractivity contribution is -0.120. The minimum atomic E-state index is 0.0815. The van der Waals surface area contributed by atoms with E-state index in [4.69, 9.17) is 0 Å². The third-order valence-electron chi connectivity index (χ3n) is 2.07. The Morgan fingerprint density at radius 1 is 1.62 bits per heavy atom. The van der Waals surface area contributed by atoms with E-state index in [1.807, 2.05) is 13.1 Å². The average Bonchev–Trinajstić information content (AvgIpc) is 2.18. The maximum Gasteiger partial charge on any atom is 0.223 e. The number of nitrogens with one attached hydrogen (secondary N) is 1. The van der Waals surface area contributed by atoms with Gasteiger partial charge in [-0.3, -0.25) is 9.79 Å². The topological polar surface area (TPSA) is 41.5 Å². The summed E-state index contributed by atoms with van der Waals surface area (Å²) in [6, 6.07) is 0. The van der Waals surface area contributed by atoms with Gasteiger partial charge in [-0.1, -0.05) is 13.8 Å². The predicted octanol–water partition coefficient (Wildman–Crippen LogP) is 2.00. The Morgan fingerprint density at radius 2 is 2.38 bits per heavy atom. The number of aliphatic imine (C=N–C) groups is 1. The lowest BCUT2D eigenvalue weighted by atomic mass is 10.1. The van der Waals surface area contributed by atoms with Crippen LogP contribution in [0.3, 0.4) is 0 Å². The molecule has 0 atom stereocenters. The molecule has 0 aliphatic carbocycles.